The molecule has 0 spiro atoms. The molecule has 0 fully saturated rings. The highest BCUT2D eigenvalue weighted by atomic mass is 31.2. The number of nitrogens with zero attached hydrogens (tertiary/aromatic N) is 1. The van der Waals surface area contributed by atoms with Crippen LogP contribution in [-0.2, 0) is 32.7 Å². The standard InChI is InChI=1S/C70H128NO8P/c1-6-8-10-12-14-16-18-20-22-24-25-26-27-28-29-30-31-32-33-34-35-36-37-38-39-40-41-42-43-44-45-47-48-50-52-54-56-58-60-62-69(72)76-66-68(67-78-80(74,75)77-65-64-71(3,4)5)79-70(73)63-61-59-57-55-53-51-49-46-23-21-19-17-15-13-11-9-7-2/h9,11,15,17,21,23-25,49,51,55,57,68H,6-8,10,12-14,16,18-20,22,26-48,50,52-54,56,58-67H2,1-5H3/b11-9-,17-15-,23-21-,25-24-,51-49-,57-55-. The topological polar surface area (TPSA) is 111 Å². The quantitative estimate of drug-likeness (QED) is 0.0195. The van der Waals surface area contributed by atoms with E-state index in [1.165, 1.54) is 218 Å². The molecular formula is C70H128NO8P. The van der Waals surface area contributed by atoms with Gasteiger partial charge in [-0.05, 0) is 77.0 Å². The molecule has 0 aliphatic heterocycles. The average molecular weight is 1140 g/mol. The lowest BCUT2D eigenvalue weighted by Crippen LogP contribution is -2.37. The fraction of sp³-hybridized carbons (Fsp3) is 0.800. The fourth-order valence-electron chi connectivity index (χ4n) is 9.57. The van der Waals surface area contributed by atoms with Gasteiger partial charge in [-0.1, -0.05) is 292 Å². The molecule has 0 radical (unpaired) electrons. The molecule has 0 aromatic carbocycles. The Morgan fingerprint density at radius 1 is 0.400 bits per heavy atom. The monoisotopic (exact) mass is 1140 g/mol. The van der Waals surface area contributed by atoms with Crippen molar-refractivity contribution in [2.24, 2.45) is 0 Å². The molecule has 0 rings (SSSR count). The number of hydrogen-bond acceptors (Lipinski definition) is 8. The Hall–Kier alpha value is -2.55. The summed E-state index contributed by atoms with van der Waals surface area (Å²) in [5.74, 6) is -0.894. The maximum atomic E-state index is 12.8. The van der Waals surface area contributed by atoms with Gasteiger partial charge in [-0.2, -0.15) is 0 Å². The molecule has 80 heavy (non-hydrogen) atoms. The van der Waals surface area contributed by atoms with Gasteiger partial charge in [0.2, 0.25) is 0 Å². The zero-order valence-electron chi connectivity index (χ0n) is 53.0. The van der Waals surface area contributed by atoms with Crippen LogP contribution in [0.4, 0.5) is 0 Å². The van der Waals surface area contributed by atoms with Crippen molar-refractivity contribution in [3.63, 3.8) is 0 Å². The molecule has 0 aromatic rings. The molecule has 0 bridgehead atoms. The van der Waals surface area contributed by atoms with Gasteiger partial charge >= 0.3 is 11.9 Å². The third-order valence-electron chi connectivity index (χ3n) is 14.7. The van der Waals surface area contributed by atoms with Crippen LogP contribution >= 0.6 is 7.82 Å². The number of carbonyl (C=O) groups is 2. The molecule has 0 amide bonds. The molecule has 0 N–H and O–H groups in total. The molecule has 0 heterocycles. The average Bonchev–Trinajstić information content (AvgIpc) is 3.42. The minimum absolute atomic E-state index is 0.0430. The van der Waals surface area contributed by atoms with Gasteiger partial charge in [0.15, 0.2) is 6.10 Å². The number of ether oxygens (including phenoxy) is 2. The summed E-state index contributed by atoms with van der Waals surface area (Å²) in [6.45, 7) is 4.08. The van der Waals surface area contributed by atoms with Crippen LogP contribution in [0, 0.1) is 0 Å². The number of carbonyl (C=O) groups excluding carboxylic acids is 2. The van der Waals surface area contributed by atoms with Gasteiger partial charge in [0, 0.05) is 12.8 Å². The van der Waals surface area contributed by atoms with E-state index in [0.29, 0.717) is 23.9 Å². The summed E-state index contributed by atoms with van der Waals surface area (Å²) in [6.07, 6.45) is 81.7. The lowest BCUT2D eigenvalue weighted by molar-refractivity contribution is -0.870. The third kappa shape index (κ3) is 64.6. The van der Waals surface area contributed by atoms with Crippen LogP contribution < -0.4 is 4.89 Å². The van der Waals surface area contributed by atoms with Gasteiger partial charge in [-0.15, -0.1) is 0 Å². The van der Waals surface area contributed by atoms with E-state index in [1.807, 2.05) is 27.2 Å². The lowest BCUT2D eigenvalue weighted by Gasteiger charge is -2.28. The maximum absolute atomic E-state index is 12.8. The highest BCUT2D eigenvalue weighted by molar-refractivity contribution is 7.45. The summed E-state index contributed by atoms with van der Waals surface area (Å²) >= 11 is 0. The number of likely N-dealkylation sites (N-methyl/N-ethyl adjacent to an activating group) is 1. The van der Waals surface area contributed by atoms with Crippen molar-refractivity contribution >= 4 is 19.8 Å². The van der Waals surface area contributed by atoms with E-state index in [0.717, 1.165) is 51.4 Å². The second-order valence-corrected chi connectivity index (χ2v) is 25.2. The van der Waals surface area contributed by atoms with Crippen molar-refractivity contribution in [2.45, 2.75) is 315 Å². The van der Waals surface area contributed by atoms with Crippen LogP contribution in [0.1, 0.15) is 309 Å². The number of quaternary nitrogens is 1. The van der Waals surface area contributed by atoms with E-state index in [-0.39, 0.29) is 26.1 Å². The number of esters is 2. The molecule has 0 aliphatic rings. The minimum atomic E-state index is -4.65. The predicted octanol–water partition coefficient (Wildman–Crippen LogP) is 21.0. The second-order valence-electron chi connectivity index (χ2n) is 23.8. The molecule has 0 saturated carbocycles. The Balaban J connectivity index is 3.92. The number of hydrogen-bond donors (Lipinski definition) is 0. The van der Waals surface area contributed by atoms with Gasteiger partial charge in [0.25, 0.3) is 7.82 Å². The van der Waals surface area contributed by atoms with E-state index in [1.54, 1.807) is 0 Å². The van der Waals surface area contributed by atoms with Crippen LogP contribution in [-0.4, -0.2) is 70.0 Å². The Kier molecular flexibility index (Phi) is 59.1. The molecule has 9 nitrogen and oxygen atoms in total. The van der Waals surface area contributed by atoms with E-state index < -0.39 is 32.5 Å². The molecule has 2 unspecified atom stereocenters. The Morgan fingerprint density at radius 3 is 1.11 bits per heavy atom. The summed E-state index contributed by atoms with van der Waals surface area (Å²) in [6, 6.07) is 0. The first-order chi connectivity index (χ1) is 39.0. The van der Waals surface area contributed by atoms with Crippen LogP contribution in [0.5, 0.6) is 0 Å². The number of unbranched alkanes of at least 4 members (excludes halogenated alkanes) is 36. The number of rotatable bonds is 62. The van der Waals surface area contributed by atoms with Crippen LogP contribution in [0.2, 0.25) is 0 Å². The van der Waals surface area contributed by atoms with E-state index >= 15 is 0 Å². The molecule has 0 aromatic heterocycles. The normalized spacial score (nSPS) is 13.6. The van der Waals surface area contributed by atoms with Crippen molar-refractivity contribution in [2.75, 3.05) is 47.5 Å². The van der Waals surface area contributed by atoms with Crippen molar-refractivity contribution < 1.29 is 42.1 Å². The van der Waals surface area contributed by atoms with Gasteiger partial charge in [-0.3, -0.25) is 14.2 Å². The highest BCUT2D eigenvalue weighted by Crippen LogP contribution is 2.38. The van der Waals surface area contributed by atoms with E-state index in [4.69, 9.17) is 18.5 Å². The van der Waals surface area contributed by atoms with Gasteiger partial charge in [-0.25, -0.2) is 0 Å². The lowest BCUT2D eigenvalue weighted by atomic mass is 10.0. The second kappa shape index (κ2) is 61.0. The molecule has 0 aliphatic carbocycles. The third-order valence-corrected chi connectivity index (χ3v) is 15.7. The summed E-state index contributed by atoms with van der Waals surface area (Å²) < 4.78 is 34.1. The first kappa shape index (κ1) is 77.5. The summed E-state index contributed by atoms with van der Waals surface area (Å²) in [7, 11) is 1.13. The first-order valence-electron chi connectivity index (χ1n) is 33.6. The minimum Gasteiger partial charge on any atom is -0.756 e. The Labute approximate surface area is 495 Å². The zero-order chi connectivity index (χ0) is 58.4. The first-order valence-corrected chi connectivity index (χ1v) is 35.1. The smallest absolute Gasteiger partial charge is 0.306 e. The van der Waals surface area contributed by atoms with E-state index in [2.05, 4.69) is 80.7 Å². The summed E-state index contributed by atoms with van der Waals surface area (Å²) in [5.41, 5.74) is 0. The summed E-state index contributed by atoms with van der Waals surface area (Å²) in [4.78, 5) is 37.9. The number of phosphoric acid groups is 1. The number of phosphoric ester groups is 1. The van der Waals surface area contributed by atoms with Gasteiger partial charge in [0.1, 0.15) is 19.8 Å². The van der Waals surface area contributed by atoms with Crippen LogP contribution in [0.3, 0.4) is 0 Å². The number of allylic oxidation sites excluding steroid dienone is 12. The SMILES string of the molecule is CC/C=C\C/C=C\C/C=C\C/C=C\C/C=C\CCCC(=O)OC(COC(=O)CCCCCCCCCCCCCCCCCCCCCCCCCCCCC/C=C\CCCCCCCCCC)COP(=O)([O-])OCC[N+](C)(C)C. The van der Waals surface area contributed by atoms with Gasteiger partial charge < -0.3 is 27.9 Å². The summed E-state index contributed by atoms with van der Waals surface area (Å²) in [5, 5.41) is 0. The van der Waals surface area contributed by atoms with Crippen LogP contribution in [0.25, 0.3) is 0 Å². The molecule has 0 saturated heterocycles. The van der Waals surface area contributed by atoms with Crippen molar-refractivity contribution in [1.29, 1.82) is 0 Å². The van der Waals surface area contributed by atoms with Crippen molar-refractivity contribution in [3.05, 3.63) is 72.9 Å². The Bertz CT molecular complexity index is 1580. The van der Waals surface area contributed by atoms with Crippen LogP contribution in [0.15, 0.2) is 72.9 Å². The fourth-order valence-corrected chi connectivity index (χ4v) is 10.3. The maximum Gasteiger partial charge on any atom is 0.306 e. The zero-order valence-corrected chi connectivity index (χ0v) is 53.9. The molecule has 466 valence electrons. The predicted molar refractivity (Wildman–Crippen MR) is 342 cm³/mol. The van der Waals surface area contributed by atoms with Crippen molar-refractivity contribution in [3.8, 4) is 0 Å². The van der Waals surface area contributed by atoms with E-state index in [9.17, 15) is 19.0 Å². The van der Waals surface area contributed by atoms with Crippen molar-refractivity contribution in [1.82, 2.24) is 0 Å². The van der Waals surface area contributed by atoms with Gasteiger partial charge in [0.05, 0.1) is 27.7 Å². The molecule has 2 atom stereocenters. The largest absolute Gasteiger partial charge is 0.756 e. The molecule has 10 heteroatoms. The molecular weight excluding hydrogens is 1010 g/mol. The Morgan fingerprint density at radius 2 is 0.725 bits per heavy atom. The highest BCUT2D eigenvalue weighted by Gasteiger charge is 2.22.